The van der Waals surface area contributed by atoms with Crippen molar-refractivity contribution in [2.45, 2.75) is 13.8 Å². The minimum absolute atomic E-state index is 0.964. The van der Waals surface area contributed by atoms with Crippen molar-refractivity contribution in [3.63, 3.8) is 0 Å². The van der Waals surface area contributed by atoms with Gasteiger partial charge in [0.05, 0.1) is 11.4 Å². The van der Waals surface area contributed by atoms with E-state index in [2.05, 4.69) is 10.1 Å². The Balaban J connectivity index is 2.31. The minimum atomic E-state index is 0.964. The molecule has 0 aliphatic carbocycles. The molecule has 0 N–H and O–H groups in total. The van der Waals surface area contributed by atoms with Crippen molar-refractivity contribution in [2.75, 3.05) is 0 Å². The second-order valence-electron chi connectivity index (χ2n) is 3.81. The molecule has 0 aliphatic rings. The van der Waals surface area contributed by atoms with E-state index in [1.54, 1.807) is 0 Å². The molecule has 2 aromatic rings. The molecule has 82 valence electrons. The Bertz CT molecular complexity index is 509. The molecule has 0 amide bonds. The molecule has 0 bridgehead atoms. The summed E-state index contributed by atoms with van der Waals surface area (Å²) in [4.78, 5) is 4.49. The average molecular weight is 213 g/mol. The summed E-state index contributed by atoms with van der Waals surface area (Å²) in [7, 11) is 1.93. The van der Waals surface area contributed by atoms with Crippen LogP contribution in [0.3, 0.4) is 0 Å². The third-order valence-corrected chi connectivity index (χ3v) is 2.61. The normalized spacial score (nSPS) is 11.2. The van der Waals surface area contributed by atoms with Crippen LogP contribution in [0.2, 0.25) is 0 Å². The van der Waals surface area contributed by atoms with Crippen LogP contribution >= 0.6 is 0 Å². The van der Waals surface area contributed by atoms with Gasteiger partial charge in [0.15, 0.2) is 0 Å². The van der Waals surface area contributed by atoms with Gasteiger partial charge in [0.1, 0.15) is 5.69 Å². The summed E-state index contributed by atoms with van der Waals surface area (Å²) < 4.78 is 1.85. The van der Waals surface area contributed by atoms with Crippen LogP contribution in [0.5, 0.6) is 0 Å². The maximum Gasteiger partial charge on any atom is 0.107 e. The molecule has 0 radical (unpaired) electrons. The van der Waals surface area contributed by atoms with E-state index in [9.17, 15) is 0 Å². The summed E-state index contributed by atoms with van der Waals surface area (Å²) in [6, 6.07) is 10.1. The van der Waals surface area contributed by atoms with E-state index in [-0.39, 0.29) is 0 Å². The predicted octanol–water partition coefficient (Wildman–Crippen LogP) is 2.79. The monoisotopic (exact) mass is 213 g/mol. The number of aryl methyl sites for hydroxylation is 2. The number of rotatable bonds is 2. The van der Waals surface area contributed by atoms with Crippen LogP contribution < -0.4 is 0 Å². The minimum Gasteiger partial charge on any atom is -0.270 e. The van der Waals surface area contributed by atoms with Crippen molar-refractivity contribution in [3.8, 4) is 0 Å². The summed E-state index contributed by atoms with van der Waals surface area (Å²) >= 11 is 0. The molecule has 1 aromatic carbocycles. The van der Waals surface area contributed by atoms with E-state index in [1.165, 1.54) is 0 Å². The molecule has 0 spiro atoms. The van der Waals surface area contributed by atoms with E-state index in [0.717, 1.165) is 22.6 Å². The quantitative estimate of drug-likeness (QED) is 0.705. The van der Waals surface area contributed by atoms with E-state index in [4.69, 9.17) is 0 Å². The summed E-state index contributed by atoms with van der Waals surface area (Å²) in [5.41, 5.74) is 4.12. The molecule has 3 nitrogen and oxygen atoms in total. The Labute approximate surface area is 95.5 Å². The molecule has 0 unspecified atom stereocenters. The fraction of sp³-hybridized carbons (Fsp3) is 0.231. The van der Waals surface area contributed by atoms with Gasteiger partial charge in [0.25, 0.3) is 0 Å². The molecule has 0 atom stereocenters. The lowest BCUT2D eigenvalue weighted by molar-refractivity contribution is 0.731. The Morgan fingerprint density at radius 3 is 2.44 bits per heavy atom. The molecule has 0 fully saturated rings. The zero-order valence-corrected chi connectivity index (χ0v) is 9.81. The maximum absolute atomic E-state index is 4.49. The Kier molecular flexibility index (Phi) is 2.86. The van der Waals surface area contributed by atoms with Gasteiger partial charge in [0, 0.05) is 13.3 Å². The molecule has 0 saturated carbocycles. The zero-order chi connectivity index (χ0) is 11.5. The van der Waals surface area contributed by atoms with E-state index in [1.807, 2.05) is 62.1 Å². The van der Waals surface area contributed by atoms with Crippen LogP contribution in [0.15, 0.2) is 35.3 Å². The largest absolute Gasteiger partial charge is 0.270 e. The fourth-order valence-corrected chi connectivity index (χ4v) is 1.63. The van der Waals surface area contributed by atoms with Gasteiger partial charge in [-0.05, 0) is 19.4 Å². The van der Waals surface area contributed by atoms with Crippen molar-refractivity contribution in [1.29, 1.82) is 0 Å². The molecule has 0 aliphatic heterocycles. The van der Waals surface area contributed by atoms with Crippen LogP contribution in [0.1, 0.15) is 17.0 Å². The van der Waals surface area contributed by atoms with Gasteiger partial charge < -0.3 is 0 Å². The van der Waals surface area contributed by atoms with E-state index >= 15 is 0 Å². The molecule has 0 saturated heterocycles. The fourth-order valence-electron chi connectivity index (χ4n) is 1.63. The van der Waals surface area contributed by atoms with Gasteiger partial charge in [0.2, 0.25) is 0 Å². The van der Waals surface area contributed by atoms with Gasteiger partial charge >= 0.3 is 0 Å². The Morgan fingerprint density at radius 2 is 1.88 bits per heavy atom. The van der Waals surface area contributed by atoms with Crippen LogP contribution in [-0.2, 0) is 7.05 Å². The van der Waals surface area contributed by atoms with Gasteiger partial charge in [-0.25, -0.2) is 0 Å². The van der Waals surface area contributed by atoms with E-state index in [0.29, 0.717) is 0 Å². The van der Waals surface area contributed by atoms with Crippen molar-refractivity contribution >= 4 is 11.9 Å². The maximum atomic E-state index is 4.49. The van der Waals surface area contributed by atoms with Gasteiger partial charge in [-0.3, -0.25) is 9.67 Å². The smallest absolute Gasteiger partial charge is 0.107 e. The first-order chi connectivity index (χ1) is 7.68. The number of hydrogen-bond acceptors (Lipinski definition) is 2. The highest BCUT2D eigenvalue weighted by atomic mass is 15.3. The molecular weight excluding hydrogens is 198 g/mol. The standard InChI is InChI=1S/C13H15N3/c1-10-13(11(2)16(3)15-10)14-9-12-7-5-4-6-8-12/h4-9H,1-3H3. The molecule has 1 heterocycles. The van der Waals surface area contributed by atoms with E-state index < -0.39 is 0 Å². The van der Waals surface area contributed by atoms with Crippen LogP contribution in [0, 0.1) is 13.8 Å². The predicted molar refractivity (Wildman–Crippen MR) is 66.4 cm³/mol. The van der Waals surface area contributed by atoms with Crippen molar-refractivity contribution in [1.82, 2.24) is 9.78 Å². The second-order valence-corrected chi connectivity index (χ2v) is 3.81. The number of hydrogen-bond donors (Lipinski definition) is 0. The topological polar surface area (TPSA) is 30.2 Å². The summed E-state index contributed by atoms with van der Waals surface area (Å²) in [6.07, 6.45) is 1.87. The molecule has 3 heteroatoms. The van der Waals surface area contributed by atoms with Crippen LogP contribution in [0.4, 0.5) is 5.69 Å². The number of aromatic nitrogens is 2. The molecule has 1 aromatic heterocycles. The third-order valence-electron chi connectivity index (χ3n) is 2.61. The third kappa shape index (κ3) is 2.03. The van der Waals surface area contributed by atoms with Crippen molar-refractivity contribution in [3.05, 3.63) is 47.3 Å². The molecule has 16 heavy (non-hydrogen) atoms. The van der Waals surface area contributed by atoms with Crippen LogP contribution in [-0.4, -0.2) is 16.0 Å². The molecule has 2 rings (SSSR count). The van der Waals surface area contributed by atoms with Crippen molar-refractivity contribution in [2.24, 2.45) is 12.0 Å². The Morgan fingerprint density at radius 1 is 1.19 bits per heavy atom. The van der Waals surface area contributed by atoms with Gasteiger partial charge in [-0.2, -0.15) is 5.10 Å². The highest BCUT2D eigenvalue weighted by Gasteiger charge is 2.06. The first-order valence-corrected chi connectivity index (χ1v) is 5.28. The summed E-state index contributed by atoms with van der Waals surface area (Å²) in [5, 5.41) is 4.33. The highest BCUT2D eigenvalue weighted by Crippen LogP contribution is 2.21. The van der Waals surface area contributed by atoms with Crippen molar-refractivity contribution < 1.29 is 0 Å². The number of aliphatic imine (C=N–C) groups is 1. The summed E-state index contributed by atoms with van der Waals surface area (Å²) in [6.45, 7) is 4.00. The first-order valence-electron chi connectivity index (χ1n) is 5.28. The Hall–Kier alpha value is -1.90. The lowest BCUT2D eigenvalue weighted by Crippen LogP contribution is -1.91. The lowest BCUT2D eigenvalue weighted by Gasteiger charge is -1.94. The van der Waals surface area contributed by atoms with Gasteiger partial charge in [-0.1, -0.05) is 30.3 Å². The average Bonchev–Trinajstić information content (AvgIpc) is 2.53. The zero-order valence-electron chi connectivity index (χ0n) is 9.81. The number of nitrogens with zero attached hydrogens (tertiary/aromatic N) is 3. The second kappa shape index (κ2) is 4.31. The highest BCUT2D eigenvalue weighted by molar-refractivity contribution is 5.82. The lowest BCUT2D eigenvalue weighted by atomic mass is 10.2. The van der Waals surface area contributed by atoms with Crippen LogP contribution in [0.25, 0.3) is 0 Å². The number of benzene rings is 1. The first kappa shape index (κ1) is 10.6. The SMILES string of the molecule is Cc1nn(C)c(C)c1N=Cc1ccccc1. The summed E-state index contributed by atoms with van der Waals surface area (Å²) in [5.74, 6) is 0. The van der Waals surface area contributed by atoms with Gasteiger partial charge in [-0.15, -0.1) is 0 Å². The molecular formula is C13H15N3.